The predicted molar refractivity (Wildman–Crippen MR) is 128 cm³/mol. The number of nitrogens with zero attached hydrogens (tertiary/aromatic N) is 2. The number of hydrogen-bond acceptors (Lipinski definition) is 2. The van der Waals surface area contributed by atoms with Crippen molar-refractivity contribution < 1.29 is 31.1 Å². The van der Waals surface area contributed by atoms with E-state index >= 15 is 0 Å². The van der Waals surface area contributed by atoms with Gasteiger partial charge in [0.15, 0.2) is 0 Å². The van der Waals surface area contributed by atoms with Gasteiger partial charge in [-0.2, -0.15) is 31.4 Å². The number of benzene rings is 3. The van der Waals surface area contributed by atoms with Crippen LogP contribution in [0.15, 0.2) is 66.7 Å². The van der Waals surface area contributed by atoms with Gasteiger partial charge >= 0.3 is 12.4 Å². The first-order valence-electron chi connectivity index (χ1n) is 10.2. The van der Waals surface area contributed by atoms with Gasteiger partial charge in [0.05, 0.1) is 33.1 Å². The molecule has 0 bridgehead atoms. The third-order valence-electron chi connectivity index (χ3n) is 5.12. The monoisotopic (exact) mass is 577 g/mol. The fraction of sp³-hybridized carbons (Fsp3) is 0.0833. The highest BCUT2D eigenvalue weighted by atomic mass is 35.5. The van der Waals surface area contributed by atoms with Gasteiger partial charge in [-0.15, -0.1) is 0 Å². The number of amides is 1. The number of carbonyl (C=O) groups excluding carboxylic acids is 1. The van der Waals surface area contributed by atoms with E-state index < -0.39 is 35.0 Å². The number of carbonyl (C=O) groups is 1. The summed E-state index contributed by atoms with van der Waals surface area (Å²) in [6, 6.07) is 12.9. The van der Waals surface area contributed by atoms with E-state index in [1.165, 1.54) is 24.3 Å². The lowest BCUT2D eigenvalue weighted by atomic mass is 10.0. The van der Waals surface area contributed by atoms with Crippen molar-refractivity contribution in [2.75, 3.05) is 5.32 Å². The molecule has 3 aromatic carbocycles. The topological polar surface area (TPSA) is 46.9 Å². The molecule has 1 N–H and O–H groups in total. The smallest absolute Gasteiger partial charge is 0.306 e. The van der Waals surface area contributed by atoms with E-state index in [2.05, 4.69) is 10.4 Å². The highest BCUT2D eigenvalue weighted by molar-refractivity contribution is 6.34. The molecule has 0 aliphatic carbocycles. The summed E-state index contributed by atoms with van der Waals surface area (Å²) in [4.78, 5) is 13.0. The maximum atomic E-state index is 13.6. The summed E-state index contributed by atoms with van der Waals surface area (Å²) in [5.74, 6) is -1.44. The van der Waals surface area contributed by atoms with Crippen molar-refractivity contribution in [1.29, 1.82) is 0 Å². The lowest BCUT2D eigenvalue weighted by molar-refractivity contribution is -0.143. The van der Waals surface area contributed by atoms with Gasteiger partial charge in [-0.3, -0.25) is 4.79 Å². The zero-order valence-electron chi connectivity index (χ0n) is 18.1. The van der Waals surface area contributed by atoms with Crippen LogP contribution in [0.3, 0.4) is 0 Å². The number of hydrogen-bond donors (Lipinski definition) is 1. The second-order valence-electron chi connectivity index (χ2n) is 7.64. The Kier molecular flexibility index (Phi) is 7.20. The van der Waals surface area contributed by atoms with E-state index in [0.29, 0.717) is 22.7 Å². The minimum atomic E-state index is -5.24. The van der Waals surface area contributed by atoms with Gasteiger partial charge in [0, 0.05) is 21.7 Å². The van der Waals surface area contributed by atoms with Crippen LogP contribution in [0.2, 0.25) is 15.1 Å². The molecule has 4 aromatic rings. The van der Waals surface area contributed by atoms with Crippen LogP contribution >= 0.6 is 34.8 Å². The Labute approximate surface area is 220 Å². The van der Waals surface area contributed by atoms with Gasteiger partial charge in [0.1, 0.15) is 5.82 Å². The van der Waals surface area contributed by atoms with Gasteiger partial charge < -0.3 is 5.32 Å². The van der Waals surface area contributed by atoms with Crippen molar-refractivity contribution in [3.05, 3.63) is 98.5 Å². The molecule has 0 saturated heterocycles. The summed E-state index contributed by atoms with van der Waals surface area (Å²) in [6.07, 6.45) is -10.3. The fourth-order valence-electron chi connectivity index (χ4n) is 3.40. The van der Waals surface area contributed by atoms with Gasteiger partial charge in [0.25, 0.3) is 5.91 Å². The molecule has 0 radical (unpaired) electrons. The molecule has 1 heterocycles. The second-order valence-corrected chi connectivity index (χ2v) is 8.92. The molecule has 4 rings (SSSR count). The van der Waals surface area contributed by atoms with Crippen molar-refractivity contribution in [2.24, 2.45) is 0 Å². The normalized spacial score (nSPS) is 12.0. The van der Waals surface area contributed by atoms with E-state index in [1.807, 2.05) is 0 Å². The van der Waals surface area contributed by atoms with Gasteiger partial charge in [0.2, 0.25) is 0 Å². The lowest BCUT2D eigenvalue weighted by Crippen LogP contribution is -2.21. The van der Waals surface area contributed by atoms with Crippen molar-refractivity contribution >= 4 is 46.5 Å². The van der Waals surface area contributed by atoms with Crippen LogP contribution in [-0.4, -0.2) is 15.7 Å². The SMILES string of the molecule is O=C(Nc1cc(-c2ccc(Cl)cc2)nn1-c1cc(Cl)ccc1Cl)c1ccc(C(F)(F)F)cc1C(F)(F)F. The molecule has 0 atom stereocenters. The van der Waals surface area contributed by atoms with Crippen LogP contribution in [-0.2, 0) is 12.4 Å². The second kappa shape index (κ2) is 9.92. The summed E-state index contributed by atoms with van der Waals surface area (Å²) in [6.45, 7) is 0. The molecule has 1 amide bonds. The molecule has 13 heteroatoms. The van der Waals surface area contributed by atoms with Crippen LogP contribution in [0, 0.1) is 0 Å². The molecule has 37 heavy (non-hydrogen) atoms. The summed E-state index contributed by atoms with van der Waals surface area (Å²) >= 11 is 18.3. The fourth-order valence-corrected chi connectivity index (χ4v) is 3.89. The molecule has 0 fully saturated rings. The standard InChI is InChI=1S/C24H12Cl3F6N3O/c25-14-4-1-12(2-5-14)19-11-21(36(35-19)20-10-15(26)6-8-18(20)27)34-22(37)16-7-3-13(23(28,29)30)9-17(16)24(31,32)33/h1-11H,(H,34,37). The average molecular weight is 579 g/mol. The third kappa shape index (κ3) is 5.87. The Hall–Kier alpha value is -3.21. The first-order chi connectivity index (χ1) is 17.2. The summed E-state index contributed by atoms with van der Waals surface area (Å²) in [7, 11) is 0. The van der Waals surface area contributed by atoms with Crippen molar-refractivity contribution in [3.63, 3.8) is 0 Å². The van der Waals surface area contributed by atoms with E-state index in [4.69, 9.17) is 34.8 Å². The zero-order chi connectivity index (χ0) is 27.1. The van der Waals surface area contributed by atoms with Crippen molar-refractivity contribution in [1.82, 2.24) is 9.78 Å². The first kappa shape index (κ1) is 26.8. The van der Waals surface area contributed by atoms with Crippen LogP contribution in [0.25, 0.3) is 16.9 Å². The maximum Gasteiger partial charge on any atom is 0.417 e. The molecule has 0 saturated carbocycles. The molecule has 0 unspecified atom stereocenters. The summed E-state index contributed by atoms with van der Waals surface area (Å²) in [5.41, 5.74) is -3.29. The van der Waals surface area contributed by atoms with Gasteiger partial charge in [-0.25, -0.2) is 4.68 Å². The maximum absolute atomic E-state index is 13.6. The van der Waals surface area contributed by atoms with Crippen LogP contribution < -0.4 is 5.32 Å². The molecule has 0 aliphatic heterocycles. The zero-order valence-corrected chi connectivity index (χ0v) is 20.3. The number of nitrogens with one attached hydrogen (secondary N) is 1. The van der Waals surface area contributed by atoms with Gasteiger partial charge in [-0.1, -0.05) is 46.9 Å². The van der Waals surface area contributed by atoms with E-state index in [9.17, 15) is 31.1 Å². The van der Waals surface area contributed by atoms with Gasteiger partial charge in [-0.05, 0) is 48.5 Å². The molecular formula is C24H12Cl3F6N3O. The number of alkyl halides is 6. The van der Waals surface area contributed by atoms with E-state index in [0.717, 1.165) is 4.68 Å². The van der Waals surface area contributed by atoms with Crippen LogP contribution in [0.5, 0.6) is 0 Å². The average Bonchev–Trinajstić information content (AvgIpc) is 3.23. The lowest BCUT2D eigenvalue weighted by Gasteiger charge is -2.16. The Balaban J connectivity index is 1.82. The largest absolute Gasteiger partial charge is 0.417 e. The van der Waals surface area contributed by atoms with Crippen molar-refractivity contribution in [2.45, 2.75) is 12.4 Å². The Bertz CT molecular complexity index is 1480. The quantitative estimate of drug-likeness (QED) is 0.246. The Morgan fingerprint density at radius 1 is 0.784 bits per heavy atom. The Morgan fingerprint density at radius 3 is 2.05 bits per heavy atom. The van der Waals surface area contributed by atoms with Crippen LogP contribution in [0.4, 0.5) is 32.2 Å². The number of halogens is 9. The molecule has 0 spiro atoms. The number of aromatic nitrogens is 2. The molecule has 4 nitrogen and oxygen atoms in total. The first-order valence-corrected chi connectivity index (χ1v) is 11.3. The molecular weight excluding hydrogens is 567 g/mol. The van der Waals surface area contributed by atoms with E-state index in [1.54, 1.807) is 24.3 Å². The van der Waals surface area contributed by atoms with Crippen LogP contribution in [0.1, 0.15) is 21.5 Å². The number of rotatable bonds is 4. The van der Waals surface area contributed by atoms with E-state index in [-0.39, 0.29) is 33.3 Å². The molecule has 0 aliphatic rings. The van der Waals surface area contributed by atoms with Crippen molar-refractivity contribution in [3.8, 4) is 16.9 Å². The minimum absolute atomic E-state index is 0.112. The summed E-state index contributed by atoms with van der Waals surface area (Å²) < 4.78 is 81.0. The highest BCUT2D eigenvalue weighted by Crippen LogP contribution is 2.38. The highest BCUT2D eigenvalue weighted by Gasteiger charge is 2.39. The molecule has 192 valence electrons. The number of anilines is 1. The minimum Gasteiger partial charge on any atom is -0.306 e. The molecule has 1 aromatic heterocycles. The third-order valence-corrected chi connectivity index (χ3v) is 5.93. The predicted octanol–water partition coefficient (Wildman–Crippen LogP) is 8.79. The Morgan fingerprint density at radius 2 is 1.43 bits per heavy atom. The summed E-state index contributed by atoms with van der Waals surface area (Å²) in [5, 5.41) is 7.53.